The maximum absolute atomic E-state index is 12.0. The minimum absolute atomic E-state index is 0.232. The number of benzene rings is 1. The zero-order chi connectivity index (χ0) is 14.7. The third kappa shape index (κ3) is 2.95. The predicted octanol–water partition coefficient (Wildman–Crippen LogP) is -0.105. The number of amides is 1. The van der Waals surface area contributed by atoms with E-state index in [1.54, 1.807) is 6.20 Å². The van der Waals surface area contributed by atoms with Gasteiger partial charge in [-0.3, -0.25) is 9.48 Å². The minimum atomic E-state index is -0.282. The molecule has 0 aliphatic carbocycles. The lowest BCUT2D eigenvalue weighted by Gasteiger charge is -2.04. The molecule has 0 fully saturated rings. The fourth-order valence-corrected chi connectivity index (χ4v) is 1.97. The van der Waals surface area contributed by atoms with Gasteiger partial charge in [0.25, 0.3) is 5.91 Å². The predicted molar refractivity (Wildman–Crippen MR) is 72.8 cm³/mol. The van der Waals surface area contributed by atoms with Crippen LogP contribution in [0.15, 0.2) is 24.4 Å². The summed E-state index contributed by atoms with van der Waals surface area (Å²) < 4.78 is 12.1. The van der Waals surface area contributed by atoms with Gasteiger partial charge in [-0.25, -0.2) is 0 Å². The summed E-state index contributed by atoms with van der Waals surface area (Å²) in [6.07, 6.45) is 1.57. The molecule has 3 rings (SSSR count). The van der Waals surface area contributed by atoms with Gasteiger partial charge in [-0.2, -0.15) is 0 Å². The smallest absolute Gasteiger partial charge is 0.273 e. The summed E-state index contributed by atoms with van der Waals surface area (Å²) in [6, 6.07) is 5.54. The van der Waals surface area contributed by atoms with Crippen LogP contribution in [-0.2, 0) is 13.1 Å². The van der Waals surface area contributed by atoms with Crippen LogP contribution in [0.3, 0.4) is 0 Å². The van der Waals surface area contributed by atoms with Crippen molar-refractivity contribution in [3.05, 3.63) is 35.7 Å². The quantitative estimate of drug-likeness (QED) is 0.796. The average molecular weight is 289 g/mol. The molecule has 0 bridgehead atoms. The van der Waals surface area contributed by atoms with Crippen molar-refractivity contribution in [1.82, 2.24) is 20.3 Å². The van der Waals surface area contributed by atoms with Crippen LogP contribution in [-0.4, -0.2) is 34.2 Å². The first-order valence-corrected chi connectivity index (χ1v) is 6.53. The van der Waals surface area contributed by atoms with E-state index in [1.165, 1.54) is 4.68 Å². The Kier molecular flexibility index (Phi) is 3.69. The number of nitrogens with two attached hydrogens (primary N) is 1. The van der Waals surface area contributed by atoms with Crippen molar-refractivity contribution in [2.75, 3.05) is 13.3 Å². The summed E-state index contributed by atoms with van der Waals surface area (Å²) in [7, 11) is 0. The summed E-state index contributed by atoms with van der Waals surface area (Å²) in [6.45, 7) is 1.58. The monoisotopic (exact) mass is 289 g/mol. The van der Waals surface area contributed by atoms with Crippen LogP contribution in [0.1, 0.15) is 16.1 Å². The van der Waals surface area contributed by atoms with Gasteiger partial charge in [-0.05, 0) is 17.7 Å². The summed E-state index contributed by atoms with van der Waals surface area (Å²) >= 11 is 0. The molecular weight excluding hydrogens is 274 g/mol. The third-order valence-electron chi connectivity index (χ3n) is 3.02. The molecule has 2 aromatic rings. The number of nitrogens with one attached hydrogen (secondary N) is 1. The van der Waals surface area contributed by atoms with E-state index < -0.39 is 0 Å². The van der Waals surface area contributed by atoms with E-state index in [9.17, 15) is 4.79 Å². The maximum Gasteiger partial charge on any atom is 0.273 e. The first kappa shape index (κ1) is 13.4. The van der Waals surface area contributed by atoms with Gasteiger partial charge in [-0.1, -0.05) is 11.3 Å². The van der Waals surface area contributed by atoms with Crippen molar-refractivity contribution in [2.45, 2.75) is 13.1 Å². The molecule has 8 heteroatoms. The molecular formula is C13H15N5O3. The normalized spacial score (nSPS) is 12.4. The summed E-state index contributed by atoms with van der Waals surface area (Å²) in [5.74, 6) is 1.13. The molecule has 0 atom stereocenters. The van der Waals surface area contributed by atoms with E-state index in [4.69, 9.17) is 15.2 Å². The molecule has 1 aromatic carbocycles. The zero-order valence-electron chi connectivity index (χ0n) is 11.3. The largest absolute Gasteiger partial charge is 0.454 e. The average Bonchev–Trinajstić information content (AvgIpc) is 3.13. The van der Waals surface area contributed by atoms with Crippen LogP contribution in [0.25, 0.3) is 0 Å². The molecule has 0 spiro atoms. The van der Waals surface area contributed by atoms with Crippen molar-refractivity contribution in [3.8, 4) is 11.5 Å². The number of carbonyl (C=O) groups is 1. The van der Waals surface area contributed by atoms with Gasteiger partial charge in [0.2, 0.25) is 6.79 Å². The van der Waals surface area contributed by atoms with Crippen LogP contribution in [0.4, 0.5) is 0 Å². The molecule has 0 saturated heterocycles. The van der Waals surface area contributed by atoms with E-state index in [0.29, 0.717) is 25.4 Å². The van der Waals surface area contributed by atoms with Crippen LogP contribution in [0.5, 0.6) is 11.5 Å². The fraction of sp³-hybridized carbons (Fsp3) is 0.308. The van der Waals surface area contributed by atoms with E-state index in [-0.39, 0.29) is 18.4 Å². The van der Waals surface area contributed by atoms with E-state index >= 15 is 0 Å². The zero-order valence-corrected chi connectivity index (χ0v) is 11.3. The lowest BCUT2D eigenvalue weighted by molar-refractivity contribution is 0.0945. The first-order valence-electron chi connectivity index (χ1n) is 6.53. The second kappa shape index (κ2) is 5.80. The molecule has 8 nitrogen and oxygen atoms in total. The Bertz CT molecular complexity index is 655. The highest BCUT2D eigenvalue weighted by molar-refractivity contribution is 5.91. The molecule has 0 saturated carbocycles. The van der Waals surface area contributed by atoms with Crippen molar-refractivity contribution in [3.63, 3.8) is 0 Å². The van der Waals surface area contributed by atoms with Gasteiger partial charge in [-0.15, -0.1) is 5.10 Å². The highest BCUT2D eigenvalue weighted by Gasteiger charge is 2.14. The van der Waals surface area contributed by atoms with Crippen molar-refractivity contribution in [2.24, 2.45) is 5.73 Å². The Morgan fingerprint density at radius 1 is 1.38 bits per heavy atom. The van der Waals surface area contributed by atoms with Crippen molar-refractivity contribution < 1.29 is 14.3 Å². The first-order chi connectivity index (χ1) is 10.3. The molecule has 0 radical (unpaired) electrons. The second-order valence-electron chi connectivity index (χ2n) is 4.53. The Hall–Kier alpha value is -2.61. The molecule has 21 heavy (non-hydrogen) atoms. The van der Waals surface area contributed by atoms with Crippen LogP contribution < -0.4 is 20.5 Å². The number of nitrogens with zero attached hydrogens (tertiary/aromatic N) is 3. The Morgan fingerprint density at radius 3 is 3.10 bits per heavy atom. The number of carbonyl (C=O) groups excluding carboxylic acids is 1. The standard InChI is InChI=1S/C13H15N5O3/c14-3-4-18-7-10(16-17-18)13(19)15-6-9-1-2-11-12(5-9)21-8-20-11/h1-2,5,7H,3-4,6,8,14H2,(H,15,19). The van der Waals surface area contributed by atoms with Crippen LogP contribution >= 0.6 is 0 Å². The minimum Gasteiger partial charge on any atom is -0.454 e. The summed E-state index contributed by atoms with van der Waals surface area (Å²) in [4.78, 5) is 12.0. The molecule has 0 unspecified atom stereocenters. The van der Waals surface area contributed by atoms with Gasteiger partial charge >= 0.3 is 0 Å². The molecule has 2 heterocycles. The van der Waals surface area contributed by atoms with Gasteiger partial charge in [0.05, 0.1) is 12.7 Å². The topological polar surface area (TPSA) is 104 Å². The van der Waals surface area contributed by atoms with Crippen LogP contribution in [0.2, 0.25) is 0 Å². The number of fused-ring (bicyclic) bond motifs is 1. The molecule has 3 N–H and O–H groups in total. The number of aromatic nitrogens is 3. The Balaban J connectivity index is 1.60. The van der Waals surface area contributed by atoms with Gasteiger partial charge in [0.1, 0.15) is 0 Å². The summed E-state index contributed by atoms with van der Waals surface area (Å²) in [5.41, 5.74) is 6.60. The second-order valence-corrected chi connectivity index (χ2v) is 4.53. The molecule has 1 aliphatic rings. The highest BCUT2D eigenvalue weighted by Crippen LogP contribution is 2.32. The SMILES string of the molecule is NCCn1cc(C(=O)NCc2ccc3c(c2)OCO3)nn1. The number of hydrogen-bond donors (Lipinski definition) is 2. The summed E-state index contributed by atoms with van der Waals surface area (Å²) in [5, 5.41) is 10.4. The van der Waals surface area contributed by atoms with E-state index in [2.05, 4.69) is 15.6 Å². The van der Waals surface area contributed by atoms with Gasteiger partial charge in [0, 0.05) is 13.1 Å². The van der Waals surface area contributed by atoms with Crippen molar-refractivity contribution in [1.29, 1.82) is 0 Å². The molecule has 110 valence electrons. The van der Waals surface area contributed by atoms with Crippen LogP contribution in [0, 0.1) is 0 Å². The van der Waals surface area contributed by atoms with Gasteiger partial charge in [0.15, 0.2) is 17.2 Å². The molecule has 1 amide bonds. The third-order valence-corrected chi connectivity index (χ3v) is 3.02. The lowest BCUT2D eigenvalue weighted by atomic mass is 10.2. The fourth-order valence-electron chi connectivity index (χ4n) is 1.97. The number of hydrogen-bond acceptors (Lipinski definition) is 6. The van der Waals surface area contributed by atoms with E-state index in [1.807, 2.05) is 18.2 Å². The number of rotatable bonds is 5. The van der Waals surface area contributed by atoms with Crippen molar-refractivity contribution >= 4 is 5.91 Å². The van der Waals surface area contributed by atoms with Gasteiger partial charge < -0.3 is 20.5 Å². The maximum atomic E-state index is 12.0. The number of ether oxygens (including phenoxy) is 2. The Morgan fingerprint density at radius 2 is 2.24 bits per heavy atom. The highest BCUT2D eigenvalue weighted by atomic mass is 16.7. The van der Waals surface area contributed by atoms with E-state index in [0.717, 1.165) is 11.3 Å². The molecule has 1 aromatic heterocycles. The lowest BCUT2D eigenvalue weighted by Crippen LogP contribution is -2.23. The Labute approximate surface area is 120 Å². The molecule has 1 aliphatic heterocycles.